The van der Waals surface area contributed by atoms with Gasteiger partial charge in [-0.15, -0.1) is 10.2 Å². The zero-order valence-electron chi connectivity index (χ0n) is 23.3. The summed E-state index contributed by atoms with van der Waals surface area (Å²) in [4.78, 5) is 44.8. The van der Waals surface area contributed by atoms with Gasteiger partial charge >= 0.3 is 5.69 Å². The van der Waals surface area contributed by atoms with E-state index in [2.05, 4.69) is 25.5 Å². The van der Waals surface area contributed by atoms with Crippen LogP contribution >= 0.6 is 0 Å². The average molecular weight is 557 g/mol. The zero-order valence-corrected chi connectivity index (χ0v) is 23.3. The number of nitrogens with zero attached hydrogens (tertiary/aromatic N) is 3. The topological polar surface area (TPSA) is 159 Å². The number of fused-ring (bicyclic) bond motifs is 1. The third-order valence-corrected chi connectivity index (χ3v) is 7.30. The molecule has 11 nitrogen and oxygen atoms in total. The molecule has 2 aromatic carbocycles. The van der Waals surface area contributed by atoms with Gasteiger partial charge in [-0.2, -0.15) is 0 Å². The second kappa shape index (κ2) is 10.9. The molecule has 212 valence electrons. The van der Waals surface area contributed by atoms with Crippen molar-refractivity contribution in [2.45, 2.75) is 52.1 Å². The highest BCUT2D eigenvalue weighted by atomic mass is 16.4. The molecule has 0 bridgehead atoms. The fourth-order valence-corrected chi connectivity index (χ4v) is 4.83. The fraction of sp³-hybridized carbons (Fsp3) is 0.300. The molecule has 0 spiro atoms. The van der Waals surface area contributed by atoms with Crippen molar-refractivity contribution < 1.29 is 19.1 Å². The molecule has 0 aliphatic heterocycles. The number of hydrogen-bond acceptors (Lipinski definition) is 7. The van der Waals surface area contributed by atoms with Crippen LogP contribution in [0.5, 0.6) is 5.88 Å². The van der Waals surface area contributed by atoms with E-state index >= 15 is 0 Å². The Labute approximate surface area is 235 Å². The number of amides is 1. The molecule has 0 unspecified atom stereocenters. The number of imidazole rings is 1. The summed E-state index contributed by atoms with van der Waals surface area (Å²) in [6.45, 7) is 6.89. The van der Waals surface area contributed by atoms with Crippen LogP contribution in [0.2, 0.25) is 0 Å². The standard InChI is InChI=1S/C30H32N6O5/c1-17(2)24(25(38)26-34-35-28(41-26)30(3,4)19-10-6-5-7-11-19)33-23(37)16-36-27(39)22(32-29(36)40)14-18-15-31-21-13-9-8-12-20(18)21/h5-13,15,17,24,31,39H,14,16H2,1-4H3,(H,32,40)(H,33,37)/t24-/m0/s1. The lowest BCUT2D eigenvalue weighted by atomic mass is 9.85. The number of aromatic amines is 2. The summed E-state index contributed by atoms with van der Waals surface area (Å²) in [5.74, 6) is -1.78. The normalized spacial score (nSPS) is 12.6. The Hall–Kier alpha value is -4.93. The molecule has 41 heavy (non-hydrogen) atoms. The van der Waals surface area contributed by atoms with Crippen molar-refractivity contribution in [3.63, 3.8) is 0 Å². The Kier molecular flexibility index (Phi) is 7.36. The molecule has 1 atom stereocenters. The number of para-hydroxylation sites is 1. The second-order valence-corrected chi connectivity index (χ2v) is 10.9. The van der Waals surface area contributed by atoms with Crippen molar-refractivity contribution in [3.05, 3.63) is 99.9 Å². The molecule has 0 saturated heterocycles. The first-order valence-electron chi connectivity index (χ1n) is 13.3. The first kappa shape index (κ1) is 27.6. The number of rotatable bonds is 10. The van der Waals surface area contributed by atoms with Crippen LogP contribution < -0.4 is 11.0 Å². The molecule has 11 heteroatoms. The van der Waals surface area contributed by atoms with Gasteiger partial charge in [-0.1, -0.05) is 62.4 Å². The first-order valence-corrected chi connectivity index (χ1v) is 13.3. The number of H-pyrrole nitrogens is 2. The molecule has 5 aromatic rings. The maximum absolute atomic E-state index is 13.3. The van der Waals surface area contributed by atoms with E-state index in [4.69, 9.17) is 4.42 Å². The molecule has 0 saturated carbocycles. The lowest BCUT2D eigenvalue weighted by molar-refractivity contribution is -0.122. The smallest absolute Gasteiger partial charge is 0.329 e. The number of aromatic nitrogens is 5. The predicted molar refractivity (Wildman–Crippen MR) is 152 cm³/mol. The minimum absolute atomic E-state index is 0.217. The molecular formula is C30H32N6O5. The Morgan fingerprint density at radius 1 is 1.07 bits per heavy atom. The van der Waals surface area contributed by atoms with Crippen molar-refractivity contribution in [1.29, 1.82) is 0 Å². The summed E-state index contributed by atoms with van der Waals surface area (Å²) in [5.41, 5.74) is 1.77. The van der Waals surface area contributed by atoms with E-state index in [1.807, 2.05) is 74.6 Å². The largest absolute Gasteiger partial charge is 0.493 e. The minimum atomic E-state index is -0.988. The minimum Gasteiger partial charge on any atom is -0.493 e. The highest BCUT2D eigenvalue weighted by Crippen LogP contribution is 2.30. The monoisotopic (exact) mass is 556 g/mol. The summed E-state index contributed by atoms with van der Waals surface area (Å²) in [7, 11) is 0. The first-order chi connectivity index (χ1) is 19.6. The van der Waals surface area contributed by atoms with E-state index in [1.165, 1.54) is 0 Å². The SMILES string of the molecule is CC(C)[C@H](NC(=O)Cn1c(O)c(Cc2c[nH]c3ccccc23)[nH]c1=O)C(=O)c1nnc(C(C)(C)c2ccccc2)o1. The number of hydrogen-bond donors (Lipinski definition) is 4. The van der Waals surface area contributed by atoms with E-state index in [9.17, 15) is 19.5 Å². The maximum atomic E-state index is 13.3. The number of benzene rings is 2. The molecule has 3 aromatic heterocycles. The number of nitrogens with one attached hydrogen (secondary N) is 3. The van der Waals surface area contributed by atoms with Gasteiger partial charge < -0.3 is 24.8 Å². The highest BCUT2D eigenvalue weighted by Gasteiger charge is 2.34. The van der Waals surface area contributed by atoms with E-state index in [1.54, 1.807) is 13.8 Å². The number of ketones is 1. The van der Waals surface area contributed by atoms with Crippen LogP contribution in [0.3, 0.4) is 0 Å². The molecule has 5 rings (SSSR count). The molecule has 3 heterocycles. The summed E-state index contributed by atoms with van der Waals surface area (Å²) in [5, 5.41) is 22.5. The predicted octanol–water partition coefficient (Wildman–Crippen LogP) is 3.69. The number of carbonyl (C=O) groups excluding carboxylic acids is 2. The van der Waals surface area contributed by atoms with Crippen LogP contribution in [0.15, 0.2) is 70.0 Å². The highest BCUT2D eigenvalue weighted by molar-refractivity contribution is 5.98. The second-order valence-electron chi connectivity index (χ2n) is 10.9. The number of aromatic hydroxyl groups is 1. The van der Waals surface area contributed by atoms with E-state index in [0.29, 0.717) is 0 Å². The summed E-state index contributed by atoms with van der Waals surface area (Å²) in [6.07, 6.45) is 2.07. The van der Waals surface area contributed by atoms with Crippen LogP contribution in [-0.2, 0) is 23.2 Å². The van der Waals surface area contributed by atoms with E-state index < -0.39 is 35.4 Å². The van der Waals surface area contributed by atoms with Gasteiger partial charge in [-0.3, -0.25) is 14.2 Å². The third kappa shape index (κ3) is 5.43. The van der Waals surface area contributed by atoms with Crippen LogP contribution in [0.1, 0.15) is 61.1 Å². The van der Waals surface area contributed by atoms with Crippen molar-refractivity contribution in [1.82, 2.24) is 30.0 Å². The molecule has 4 N–H and O–H groups in total. The van der Waals surface area contributed by atoms with E-state index in [0.717, 1.165) is 26.6 Å². The number of Topliss-reactive ketones (excluding diaryl/α,β-unsaturated/α-hetero) is 1. The van der Waals surface area contributed by atoms with Crippen LogP contribution in [0.25, 0.3) is 10.9 Å². The van der Waals surface area contributed by atoms with Gasteiger partial charge in [0.15, 0.2) is 0 Å². The van der Waals surface area contributed by atoms with Crippen molar-refractivity contribution in [2.75, 3.05) is 0 Å². The quantitative estimate of drug-likeness (QED) is 0.191. The van der Waals surface area contributed by atoms with Gasteiger partial charge in [0.2, 0.25) is 23.5 Å². The summed E-state index contributed by atoms with van der Waals surface area (Å²) >= 11 is 0. The Balaban J connectivity index is 1.30. The molecular weight excluding hydrogens is 524 g/mol. The lowest BCUT2D eigenvalue weighted by Crippen LogP contribution is -2.46. The Morgan fingerprint density at radius 3 is 2.51 bits per heavy atom. The molecule has 0 fully saturated rings. The molecule has 0 aliphatic rings. The van der Waals surface area contributed by atoms with Gasteiger partial charge in [0, 0.05) is 23.5 Å². The van der Waals surface area contributed by atoms with Crippen molar-refractivity contribution >= 4 is 22.6 Å². The molecule has 1 amide bonds. The molecule has 0 radical (unpaired) electrons. The van der Waals surface area contributed by atoms with Gasteiger partial charge in [-0.25, -0.2) is 4.79 Å². The maximum Gasteiger partial charge on any atom is 0.329 e. The summed E-state index contributed by atoms with van der Waals surface area (Å²) < 4.78 is 6.73. The zero-order chi connectivity index (χ0) is 29.3. The van der Waals surface area contributed by atoms with Crippen LogP contribution in [0, 0.1) is 5.92 Å². The lowest BCUT2D eigenvalue weighted by Gasteiger charge is -2.21. The Bertz CT molecular complexity index is 1760. The van der Waals surface area contributed by atoms with Gasteiger partial charge in [0.1, 0.15) is 6.54 Å². The van der Waals surface area contributed by atoms with Crippen molar-refractivity contribution in [2.24, 2.45) is 5.92 Å². The van der Waals surface area contributed by atoms with Crippen molar-refractivity contribution in [3.8, 4) is 5.88 Å². The van der Waals surface area contributed by atoms with Gasteiger partial charge in [0.05, 0.1) is 17.2 Å². The van der Waals surface area contributed by atoms with Crippen LogP contribution in [0.4, 0.5) is 0 Å². The fourth-order valence-electron chi connectivity index (χ4n) is 4.83. The van der Waals surface area contributed by atoms with E-state index in [-0.39, 0.29) is 35.7 Å². The molecule has 0 aliphatic carbocycles. The van der Waals surface area contributed by atoms with Gasteiger partial charge in [0.25, 0.3) is 5.89 Å². The summed E-state index contributed by atoms with van der Waals surface area (Å²) in [6, 6.07) is 16.3. The number of carbonyl (C=O) groups is 2. The third-order valence-electron chi connectivity index (χ3n) is 7.30. The van der Waals surface area contributed by atoms with Gasteiger partial charge in [-0.05, 0) is 37.0 Å². The Morgan fingerprint density at radius 2 is 1.78 bits per heavy atom. The average Bonchev–Trinajstić information content (AvgIpc) is 3.68. The van der Waals surface area contributed by atoms with Crippen LogP contribution in [-0.4, -0.2) is 47.6 Å².